The van der Waals surface area contributed by atoms with E-state index in [2.05, 4.69) is 10.4 Å². The summed E-state index contributed by atoms with van der Waals surface area (Å²) in [7, 11) is 3.17. The molecule has 0 saturated carbocycles. The number of amides is 2. The highest BCUT2D eigenvalue weighted by atomic mass is 16.5. The minimum Gasteiger partial charge on any atom is -0.493 e. The minimum absolute atomic E-state index is 0.189. The quantitative estimate of drug-likeness (QED) is 0.840. The van der Waals surface area contributed by atoms with Gasteiger partial charge in [-0.15, -0.1) is 0 Å². The lowest BCUT2D eigenvalue weighted by atomic mass is 9.84. The van der Waals surface area contributed by atoms with Crippen molar-refractivity contribution in [3.63, 3.8) is 0 Å². The number of ether oxygens (including phenoxy) is 2. The van der Waals surface area contributed by atoms with Crippen molar-refractivity contribution in [2.24, 2.45) is 10.5 Å². The van der Waals surface area contributed by atoms with Gasteiger partial charge in [-0.3, -0.25) is 9.59 Å². The highest BCUT2D eigenvalue weighted by molar-refractivity contribution is 6.08. The average molecular weight is 395 g/mol. The van der Waals surface area contributed by atoms with E-state index in [1.54, 1.807) is 38.5 Å². The molecule has 0 bridgehead atoms. The number of benzene rings is 2. The second kappa shape index (κ2) is 7.95. The molecule has 0 atom stereocenters. The van der Waals surface area contributed by atoms with Gasteiger partial charge >= 0.3 is 0 Å². The van der Waals surface area contributed by atoms with E-state index in [4.69, 9.17) is 9.47 Å². The van der Waals surface area contributed by atoms with E-state index >= 15 is 0 Å². The number of carbonyl (C=O) groups is 2. The van der Waals surface area contributed by atoms with Crippen molar-refractivity contribution < 1.29 is 19.1 Å². The Morgan fingerprint density at radius 3 is 2.45 bits per heavy atom. The van der Waals surface area contributed by atoms with Gasteiger partial charge in [0.15, 0.2) is 11.5 Å². The van der Waals surface area contributed by atoms with Crippen molar-refractivity contribution in [2.75, 3.05) is 26.1 Å². The topological polar surface area (TPSA) is 80.2 Å². The zero-order chi connectivity index (χ0) is 21.2. The number of rotatable bonds is 5. The zero-order valence-corrected chi connectivity index (χ0v) is 17.3. The first-order valence-corrected chi connectivity index (χ1v) is 9.26. The maximum Gasteiger partial charge on any atom is 0.274 e. The zero-order valence-electron chi connectivity index (χ0n) is 17.3. The van der Waals surface area contributed by atoms with Gasteiger partial charge in [-0.2, -0.15) is 5.10 Å². The summed E-state index contributed by atoms with van der Waals surface area (Å²) in [6.07, 6.45) is 0. The molecule has 3 rings (SSSR count). The second-order valence-corrected chi connectivity index (χ2v) is 7.53. The summed E-state index contributed by atoms with van der Waals surface area (Å²) in [5.41, 5.74) is 2.36. The Bertz CT molecular complexity index is 982. The van der Waals surface area contributed by atoms with Crippen LogP contribution in [0.15, 0.2) is 47.6 Å². The molecule has 0 saturated heterocycles. The Hall–Kier alpha value is -3.35. The summed E-state index contributed by atoms with van der Waals surface area (Å²) in [6, 6.07) is 12.4. The first-order valence-electron chi connectivity index (χ1n) is 9.26. The van der Waals surface area contributed by atoms with Crippen LogP contribution in [0.2, 0.25) is 0 Å². The lowest BCUT2D eigenvalue weighted by molar-refractivity contribution is -0.114. The van der Waals surface area contributed by atoms with E-state index in [0.717, 1.165) is 11.3 Å². The number of methoxy groups -OCH3 is 2. The summed E-state index contributed by atoms with van der Waals surface area (Å²) >= 11 is 0. The molecule has 29 heavy (non-hydrogen) atoms. The maximum atomic E-state index is 13.0. The molecule has 1 aliphatic rings. The minimum atomic E-state index is -0.343. The molecule has 0 spiro atoms. The molecule has 1 heterocycles. The standard InChI is InChI=1S/C22H25N3O4/c1-14(26)23-17-8-6-7-16(11-17)21(27)25-13-22(2,3)20(24-25)15-9-10-18(28-4)19(12-15)29-5/h6-12H,13H2,1-5H3,(H,23,26). The smallest absolute Gasteiger partial charge is 0.274 e. The summed E-state index contributed by atoms with van der Waals surface area (Å²) < 4.78 is 10.7. The Labute approximate surface area is 170 Å². The van der Waals surface area contributed by atoms with Gasteiger partial charge in [0.25, 0.3) is 5.91 Å². The molecule has 152 valence electrons. The maximum absolute atomic E-state index is 13.0. The normalized spacial score (nSPS) is 14.9. The molecule has 2 aromatic rings. The number of anilines is 1. The number of carbonyl (C=O) groups excluding carboxylic acids is 2. The van der Waals surface area contributed by atoms with Crippen LogP contribution >= 0.6 is 0 Å². The van der Waals surface area contributed by atoms with Crippen LogP contribution in [-0.4, -0.2) is 43.3 Å². The summed E-state index contributed by atoms with van der Waals surface area (Å²) in [5, 5.41) is 8.79. The molecule has 1 N–H and O–H groups in total. The van der Waals surface area contributed by atoms with Crippen molar-refractivity contribution in [1.82, 2.24) is 5.01 Å². The second-order valence-electron chi connectivity index (χ2n) is 7.53. The SMILES string of the molecule is COc1ccc(C2=NN(C(=O)c3cccc(NC(C)=O)c3)CC2(C)C)cc1OC. The fourth-order valence-electron chi connectivity index (χ4n) is 3.37. The highest BCUT2D eigenvalue weighted by Gasteiger charge is 2.38. The summed E-state index contributed by atoms with van der Waals surface area (Å²) in [4.78, 5) is 24.3. The van der Waals surface area contributed by atoms with Gasteiger partial charge in [0, 0.05) is 29.2 Å². The fourth-order valence-corrected chi connectivity index (χ4v) is 3.37. The molecular formula is C22H25N3O4. The van der Waals surface area contributed by atoms with Gasteiger partial charge in [-0.1, -0.05) is 19.9 Å². The van der Waals surface area contributed by atoms with Gasteiger partial charge in [0.2, 0.25) is 5.91 Å². The van der Waals surface area contributed by atoms with E-state index in [1.807, 2.05) is 32.0 Å². The third-order valence-corrected chi connectivity index (χ3v) is 4.73. The average Bonchev–Trinajstić information content (AvgIpc) is 3.01. The third kappa shape index (κ3) is 4.23. The monoisotopic (exact) mass is 395 g/mol. The van der Waals surface area contributed by atoms with Crippen LogP contribution in [0.1, 0.15) is 36.7 Å². The number of nitrogens with one attached hydrogen (secondary N) is 1. The Balaban J connectivity index is 1.92. The van der Waals surface area contributed by atoms with Gasteiger partial charge in [0.1, 0.15) is 0 Å². The Morgan fingerprint density at radius 2 is 1.79 bits per heavy atom. The van der Waals surface area contributed by atoms with Gasteiger partial charge < -0.3 is 14.8 Å². The molecule has 0 fully saturated rings. The molecule has 1 aliphatic heterocycles. The van der Waals surface area contributed by atoms with Crippen molar-refractivity contribution in [1.29, 1.82) is 0 Å². The van der Waals surface area contributed by atoms with Crippen molar-refractivity contribution in [2.45, 2.75) is 20.8 Å². The van der Waals surface area contributed by atoms with Crippen LogP contribution in [0, 0.1) is 5.41 Å². The first kappa shape index (κ1) is 20.4. The van der Waals surface area contributed by atoms with Crippen molar-refractivity contribution in [3.05, 3.63) is 53.6 Å². The van der Waals surface area contributed by atoms with Gasteiger partial charge in [0.05, 0.1) is 26.5 Å². The predicted octanol–water partition coefficient (Wildman–Crippen LogP) is 3.55. The van der Waals surface area contributed by atoms with E-state index in [1.165, 1.54) is 11.9 Å². The fraction of sp³-hybridized carbons (Fsp3) is 0.318. The molecule has 7 nitrogen and oxygen atoms in total. The molecule has 2 amide bonds. The highest BCUT2D eigenvalue weighted by Crippen LogP contribution is 2.35. The summed E-state index contributed by atoms with van der Waals surface area (Å²) in [6.45, 7) is 5.96. The van der Waals surface area contributed by atoms with Crippen LogP contribution in [0.5, 0.6) is 11.5 Å². The van der Waals surface area contributed by atoms with E-state index in [9.17, 15) is 9.59 Å². The van der Waals surface area contributed by atoms with Crippen molar-refractivity contribution in [3.8, 4) is 11.5 Å². The van der Waals surface area contributed by atoms with Crippen molar-refractivity contribution >= 4 is 23.2 Å². The van der Waals surface area contributed by atoms with Gasteiger partial charge in [-0.25, -0.2) is 5.01 Å². The van der Waals surface area contributed by atoms with Crippen LogP contribution in [0.4, 0.5) is 5.69 Å². The van der Waals surface area contributed by atoms with E-state index in [-0.39, 0.29) is 17.2 Å². The van der Waals surface area contributed by atoms with Crippen LogP contribution in [0.25, 0.3) is 0 Å². The van der Waals surface area contributed by atoms with Crippen LogP contribution in [-0.2, 0) is 4.79 Å². The number of hydrogen-bond donors (Lipinski definition) is 1. The van der Waals surface area contributed by atoms with E-state index in [0.29, 0.717) is 29.3 Å². The molecule has 2 aromatic carbocycles. The van der Waals surface area contributed by atoms with Crippen LogP contribution in [0.3, 0.4) is 0 Å². The van der Waals surface area contributed by atoms with E-state index < -0.39 is 0 Å². The molecule has 7 heteroatoms. The largest absolute Gasteiger partial charge is 0.493 e. The lowest BCUT2D eigenvalue weighted by Gasteiger charge is -2.21. The first-order chi connectivity index (χ1) is 13.7. The van der Waals surface area contributed by atoms with Gasteiger partial charge in [-0.05, 0) is 36.4 Å². The Kier molecular flexibility index (Phi) is 5.59. The molecule has 0 aromatic heterocycles. The predicted molar refractivity (Wildman–Crippen MR) is 112 cm³/mol. The molecule has 0 unspecified atom stereocenters. The third-order valence-electron chi connectivity index (χ3n) is 4.73. The molecular weight excluding hydrogens is 370 g/mol. The molecule has 0 radical (unpaired) electrons. The summed E-state index contributed by atoms with van der Waals surface area (Å²) in [5.74, 6) is 0.832. The Morgan fingerprint density at radius 1 is 1.07 bits per heavy atom. The van der Waals surface area contributed by atoms with Crippen LogP contribution < -0.4 is 14.8 Å². The number of hydrogen-bond acceptors (Lipinski definition) is 5. The molecule has 0 aliphatic carbocycles. The number of hydrazone groups is 1. The lowest BCUT2D eigenvalue weighted by Crippen LogP contribution is -2.31. The number of nitrogens with zero attached hydrogens (tertiary/aromatic N) is 2.